The van der Waals surface area contributed by atoms with E-state index in [1.54, 1.807) is 11.3 Å². The van der Waals surface area contributed by atoms with Gasteiger partial charge in [-0.15, -0.1) is 10.2 Å². The Balaban J connectivity index is 2.13. The van der Waals surface area contributed by atoms with Crippen molar-refractivity contribution >= 4 is 17.0 Å². The lowest BCUT2D eigenvalue weighted by atomic mass is 10.0. The highest BCUT2D eigenvalue weighted by atomic mass is 32.1. The number of benzene rings is 1. The molecule has 0 saturated heterocycles. The molecule has 20 heavy (non-hydrogen) atoms. The van der Waals surface area contributed by atoms with E-state index in [4.69, 9.17) is 0 Å². The second kappa shape index (κ2) is 6.84. The van der Waals surface area contributed by atoms with Crippen molar-refractivity contribution in [2.24, 2.45) is 0 Å². The van der Waals surface area contributed by atoms with Gasteiger partial charge >= 0.3 is 0 Å². The number of nitrogens with zero attached hydrogens (tertiary/aromatic N) is 2. The maximum absolute atomic E-state index is 4.27. The number of rotatable bonds is 6. The van der Waals surface area contributed by atoms with Crippen LogP contribution in [0.4, 0.5) is 5.69 Å². The molecule has 1 heterocycles. The van der Waals surface area contributed by atoms with Gasteiger partial charge in [0.1, 0.15) is 10.0 Å². The molecule has 0 aliphatic carbocycles. The Morgan fingerprint density at radius 2 is 1.75 bits per heavy atom. The van der Waals surface area contributed by atoms with Gasteiger partial charge in [-0.2, -0.15) is 0 Å². The Labute approximate surface area is 125 Å². The third-order valence-electron chi connectivity index (χ3n) is 3.39. The van der Waals surface area contributed by atoms with Gasteiger partial charge in [-0.25, -0.2) is 0 Å². The van der Waals surface area contributed by atoms with Gasteiger partial charge in [0.15, 0.2) is 0 Å². The van der Waals surface area contributed by atoms with E-state index < -0.39 is 0 Å². The number of nitrogens with one attached hydrogen (secondary N) is 1. The van der Waals surface area contributed by atoms with E-state index in [2.05, 4.69) is 61.4 Å². The second-order valence-corrected chi connectivity index (χ2v) is 6.29. The molecule has 108 valence electrons. The minimum Gasteiger partial charge on any atom is -0.378 e. The summed E-state index contributed by atoms with van der Waals surface area (Å²) in [7, 11) is 0. The third-order valence-corrected chi connectivity index (χ3v) is 4.62. The van der Waals surface area contributed by atoms with Crippen molar-refractivity contribution in [2.45, 2.75) is 53.0 Å². The molecule has 3 nitrogen and oxygen atoms in total. The van der Waals surface area contributed by atoms with Gasteiger partial charge in [-0.05, 0) is 24.0 Å². The molecule has 1 N–H and O–H groups in total. The van der Waals surface area contributed by atoms with Gasteiger partial charge in [0.05, 0.1) is 6.54 Å². The zero-order valence-electron chi connectivity index (χ0n) is 12.7. The summed E-state index contributed by atoms with van der Waals surface area (Å²) < 4.78 is 0. The average Bonchev–Trinajstić information content (AvgIpc) is 2.93. The van der Waals surface area contributed by atoms with Crippen LogP contribution < -0.4 is 5.32 Å². The van der Waals surface area contributed by atoms with Gasteiger partial charge in [0, 0.05) is 11.6 Å². The van der Waals surface area contributed by atoms with Gasteiger partial charge < -0.3 is 5.32 Å². The van der Waals surface area contributed by atoms with Crippen LogP contribution in [0, 0.1) is 0 Å². The first-order valence-electron chi connectivity index (χ1n) is 7.32. The molecule has 1 aromatic carbocycles. The zero-order valence-corrected chi connectivity index (χ0v) is 13.5. The lowest BCUT2D eigenvalue weighted by Gasteiger charge is -2.14. The Kier molecular flexibility index (Phi) is 5.12. The lowest BCUT2D eigenvalue weighted by Crippen LogP contribution is -2.05. The minimum absolute atomic E-state index is 0.454. The first kappa shape index (κ1) is 15.0. The second-order valence-electron chi connectivity index (χ2n) is 5.20. The first-order valence-corrected chi connectivity index (χ1v) is 8.14. The smallest absolute Gasteiger partial charge is 0.136 e. The molecule has 0 bridgehead atoms. The molecule has 0 unspecified atom stereocenters. The Bertz CT molecular complexity index is 538. The zero-order chi connectivity index (χ0) is 14.5. The molecule has 0 aliphatic heterocycles. The lowest BCUT2D eigenvalue weighted by molar-refractivity contribution is 0.818. The molecule has 0 atom stereocenters. The predicted octanol–water partition coefficient (Wildman–Crippen LogP) is 4.40. The van der Waals surface area contributed by atoms with E-state index in [0.29, 0.717) is 5.92 Å². The minimum atomic E-state index is 0.454. The van der Waals surface area contributed by atoms with Crippen molar-refractivity contribution < 1.29 is 0 Å². The molecule has 0 spiro atoms. The van der Waals surface area contributed by atoms with Crippen LogP contribution in [0.3, 0.4) is 0 Å². The van der Waals surface area contributed by atoms with Crippen molar-refractivity contribution in [3.8, 4) is 0 Å². The molecule has 4 heteroatoms. The quantitative estimate of drug-likeness (QED) is 0.856. The summed E-state index contributed by atoms with van der Waals surface area (Å²) >= 11 is 1.70. The molecule has 1 aromatic heterocycles. The normalized spacial score (nSPS) is 11.1. The summed E-state index contributed by atoms with van der Waals surface area (Å²) in [6.45, 7) is 9.45. The summed E-state index contributed by atoms with van der Waals surface area (Å²) in [6.07, 6.45) is 2.09. The van der Waals surface area contributed by atoms with Crippen LogP contribution in [0.25, 0.3) is 0 Å². The fourth-order valence-corrected chi connectivity index (χ4v) is 2.99. The monoisotopic (exact) mass is 289 g/mol. The summed E-state index contributed by atoms with van der Waals surface area (Å²) in [5.74, 6) is 0.454. The van der Waals surface area contributed by atoms with E-state index in [9.17, 15) is 0 Å². The maximum Gasteiger partial charge on any atom is 0.136 e. The maximum atomic E-state index is 4.27. The van der Waals surface area contributed by atoms with E-state index >= 15 is 0 Å². The molecule has 2 aromatic rings. The molecule has 0 fully saturated rings. The van der Waals surface area contributed by atoms with Gasteiger partial charge in [0.25, 0.3) is 0 Å². The molecular formula is C16H23N3S. The standard InChI is InChI=1S/C16H23N3S/c1-5-12-8-7-9-13(6-2)15(12)17-10-14-18-19-16(20-14)11(3)4/h7-9,11,17H,5-6,10H2,1-4H3. The molecule has 2 rings (SSSR count). The number of anilines is 1. The molecule has 0 saturated carbocycles. The highest BCUT2D eigenvalue weighted by Crippen LogP contribution is 2.24. The van der Waals surface area contributed by atoms with Gasteiger partial charge in [-0.1, -0.05) is 57.2 Å². The largest absolute Gasteiger partial charge is 0.378 e. The van der Waals surface area contributed by atoms with Crippen molar-refractivity contribution in [3.63, 3.8) is 0 Å². The van der Waals surface area contributed by atoms with E-state index in [1.165, 1.54) is 16.8 Å². The summed E-state index contributed by atoms with van der Waals surface area (Å²) in [6, 6.07) is 6.53. The van der Waals surface area contributed by atoms with Crippen LogP contribution in [-0.2, 0) is 19.4 Å². The van der Waals surface area contributed by atoms with Crippen LogP contribution in [0.15, 0.2) is 18.2 Å². The number of hydrogen-bond acceptors (Lipinski definition) is 4. The van der Waals surface area contributed by atoms with Crippen LogP contribution in [0.2, 0.25) is 0 Å². The highest BCUT2D eigenvalue weighted by molar-refractivity contribution is 7.11. The van der Waals surface area contributed by atoms with E-state index in [1.807, 2.05) is 0 Å². The summed E-state index contributed by atoms with van der Waals surface area (Å²) in [5.41, 5.74) is 4.02. The fourth-order valence-electron chi connectivity index (χ4n) is 2.20. The van der Waals surface area contributed by atoms with Crippen molar-refractivity contribution in [1.82, 2.24) is 10.2 Å². The van der Waals surface area contributed by atoms with Crippen molar-refractivity contribution in [1.29, 1.82) is 0 Å². The van der Waals surface area contributed by atoms with Gasteiger partial charge in [-0.3, -0.25) is 0 Å². The number of aromatic nitrogens is 2. The van der Waals surface area contributed by atoms with Crippen LogP contribution in [0.5, 0.6) is 0 Å². The topological polar surface area (TPSA) is 37.8 Å². The van der Waals surface area contributed by atoms with Gasteiger partial charge in [0.2, 0.25) is 0 Å². The number of aryl methyl sites for hydroxylation is 2. The first-order chi connectivity index (χ1) is 9.65. The summed E-state index contributed by atoms with van der Waals surface area (Å²) in [4.78, 5) is 0. The molecule has 0 aliphatic rings. The van der Waals surface area contributed by atoms with Crippen molar-refractivity contribution in [2.75, 3.05) is 5.32 Å². The summed E-state index contributed by atoms with van der Waals surface area (Å²) in [5, 5.41) is 14.2. The molecular weight excluding hydrogens is 266 g/mol. The van der Waals surface area contributed by atoms with Crippen LogP contribution in [0.1, 0.15) is 54.8 Å². The Hall–Kier alpha value is -1.42. The predicted molar refractivity (Wildman–Crippen MR) is 86.5 cm³/mol. The van der Waals surface area contributed by atoms with E-state index in [0.717, 1.165) is 29.4 Å². The molecule has 0 radical (unpaired) electrons. The number of hydrogen-bond donors (Lipinski definition) is 1. The third kappa shape index (κ3) is 3.37. The fraction of sp³-hybridized carbons (Fsp3) is 0.500. The molecule has 0 amide bonds. The SMILES string of the molecule is CCc1cccc(CC)c1NCc1nnc(C(C)C)s1. The Morgan fingerprint density at radius 3 is 2.25 bits per heavy atom. The van der Waals surface area contributed by atoms with Crippen LogP contribution >= 0.6 is 11.3 Å². The van der Waals surface area contributed by atoms with Crippen molar-refractivity contribution in [3.05, 3.63) is 39.3 Å². The van der Waals surface area contributed by atoms with Crippen LogP contribution in [-0.4, -0.2) is 10.2 Å². The van der Waals surface area contributed by atoms with E-state index in [-0.39, 0.29) is 0 Å². The Morgan fingerprint density at radius 1 is 1.10 bits per heavy atom. The highest BCUT2D eigenvalue weighted by Gasteiger charge is 2.10. The average molecular weight is 289 g/mol. The number of para-hydroxylation sites is 1.